The summed E-state index contributed by atoms with van der Waals surface area (Å²) in [4.78, 5) is 34.7. The highest BCUT2D eigenvalue weighted by Crippen LogP contribution is 2.33. The van der Waals surface area contributed by atoms with Crippen molar-refractivity contribution in [2.75, 3.05) is 5.32 Å². The van der Waals surface area contributed by atoms with Gasteiger partial charge in [-0.2, -0.15) is 0 Å². The molecule has 0 radical (unpaired) electrons. The highest BCUT2D eigenvalue weighted by Gasteiger charge is 2.25. The summed E-state index contributed by atoms with van der Waals surface area (Å²) < 4.78 is 11.6. The molecule has 1 amide bonds. The normalized spacial score (nSPS) is 11.9. The van der Waals surface area contributed by atoms with E-state index in [0.717, 1.165) is 10.9 Å². The second-order valence-corrected chi connectivity index (χ2v) is 8.29. The number of carbonyl (C=O) groups excluding carboxylic acids is 2. The Labute approximate surface area is 205 Å². The quantitative estimate of drug-likeness (QED) is 0.285. The van der Waals surface area contributed by atoms with Crippen molar-refractivity contribution < 1.29 is 18.7 Å². The van der Waals surface area contributed by atoms with Crippen LogP contribution in [0.15, 0.2) is 83.4 Å². The number of esters is 1. The fourth-order valence-corrected chi connectivity index (χ4v) is 3.96. The maximum Gasteiger partial charge on any atom is 0.339 e. The SMILES string of the molecule is CCC(OC(=O)c1cccc2cccc(-c3nc4ccccc4o3)c12)C(=O)Nc1ccc(Cl)cn1. The Morgan fingerprint density at radius 3 is 2.57 bits per heavy atom. The summed E-state index contributed by atoms with van der Waals surface area (Å²) >= 11 is 5.85. The molecule has 5 rings (SSSR count). The van der Waals surface area contributed by atoms with Gasteiger partial charge in [0.1, 0.15) is 11.3 Å². The Kier molecular flexibility index (Phi) is 6.16. The van der Waals surface area contributed by atoms with Gasteiger partial charge in [0.2, 0.25) is 5.89 Å². The van der Waals surface area contributed by atoms with Crippen LogP contribution in [-0.2, 0) is 9.53 Å². The number of halogens is 1. The molecule has 1 atom stereocenters. The van der Waals surface area contributed by atoms with Crippen LogP contribution < -0.4 is 5.32 Å². The first-order valence-electron chi connectivity index (χ1n) is 11.0. The number of hydrogen-bond acceptors (Lipinski definition) is 6. The van der Waals surface area contributed by atoms with Gasteiger partial charge in [-0.25, -0.2) is 14.8 Å². The average molecular weight is 486 g/mol. The van der Waals surface area contributed by atoms with Crippen molar-refractivity contribution in [2.45, 2.75) is 19.4 Å². The lowest BCUT2D eigenvalue weighted by atomic mass is 9.99. The van der Waals surface area contributed by atoms with Crippen LogP contribution in [0.4, 0.5) is 5.82 Å². The van der Waals surface area contributed by atoms with Crippen molar-refractivity contribution in [3.05, 3.63) is 89.6 Å². The molecule has 35 heavy (non-hydrogen) atoms. The highest BCUT2D eigenvalue weighted by atomic mass is 35.5. The zero-order valence-electron chi connectivity index (χ0n) is 18.7. The number of pyridine rings is 1. The monoisotopic (exact) mass is 485 g/mol. The number of benzene rings is 3. The molecule has 5 aromatic rings. The maximum atomic E-state index is 13.3. The van der Waals surface area contributed by atoms with E-state index in [9.17, 15) is 9.59 Å². The summed E-state index contributed by atoms with van der Waals surface area (Å²) in [6.07, 6.45) is 0.702. The molecule has 1 N–H and O–H groups in total. The van der Waals surface area contributed by atoms with Gasteiger partial charge in [0.05, 0.1) is 10.6 Å². The van der Waals surface area contributed by atoms with Crippen LogP contribution in [0, 0.1) is 0 Å². The molecule has 0 spiro atoms. The number of anilines is 1. The molecule has 0 fully saturated rings. The lowest BCUT2D eigenvalue weighted by Crippen LogP contribution is -2.32. The van der Waals surface area contributed by atoms with E-state index in [4.69, 9.17) is 20.8 Å². The molecule has 7 nitrogen and oxygen atoms in total. The van der Waals surface area contributed by atoms with E-state index in [-0.39, 0.29) is 6.42 Å². The number of hydrogen-bond donors (Lipinski definition) is 1. The van der Waals surface area contributed by atoms with Crippen LogP contribution in [0.3, 0.4) is 0 Å². The van der Waals surface area contributed by atoms with Crippen LogP contribution in [0.25, 0.3) is 33.3 Å². The fraction of sp³-hybridized carbons (Fsp3) is 0.111. The van der Waals surface area contributed by atoms with E-state index in [1.807, 2.05) is 48.5 Å². The van der Waals surface area contributed by atoms with Crippen molar-refractivity contribution in [3.63, 3.8) is 0 Å². The largest absolute Gasteiger partial charge is 0.449 e. The summed E-state index contributed by atoms with van der Waals surface area (Å²) in [7, 11) is 0. The molecule has 0 saturated carbocycles. The van der Waals surface area contributed by atoms with Crippen LogP contribution in [0.2, 0.25) is 5.02 Å². The van der Waals surface area contributed by atoms with Crippen LogP contribution >= 0.6 is 11.6 Å². The molecule has 2 aromatic heterocycles. The van der Waals surface area contributed by atoms with E-state index >= 15 is 0 Å². The van der Waals surface area contributed by atoms with Gasteiger partial charge in [-0.1, -0.05) is 54.9 Å². The van der Waals surface area contributed by atoms with Crippen LogP contribution in [0.5, 0.6) is 0 Å². The minimum Gasteiger partial charge on any atom is -0.449 e. The minimum atomic E-state index is -1.01. The molecule has 3 aromatic carbocycles. The number of aromatic nitrogens is 2. The van der Waals surface area contributed by atoms with E-state index < -0.39 is 18.0 Å². The van der Waals surface area contributed by atoms with Gasteiger partial charge >= 0.3 is 5.97 Å². The Morgan fingerprint density at radius 2 is 1.83 bits per heavy atom. The van der Waals surface area contributed by atoms with E-state index in [1.54, 1.807) is 31.2 Å². The second kappa shape index (κ2) is 9.56. The van der Waals surface area contributed by atoms with Gasteiger partial charge in [0.15, 0.2) is 11.7 Å². The van der Waals surface area contributed by atoms with Gasteiger partial charge in [-0.3, -0.25) is 4.79 Å². The predicted octanol–water partition coefficient (Wildman–Crippen LogP) is 6.27. The summed E-state index contributed by atoms with van der Waals surface area (Å²) in [6.45, 7) is 1.76. The molecule has 0 saturated heterocycles. The van der Waals surface area contributed by atoms with Crippen LogP contribution in [-0.4, -0.2) is 27.9 Å². The fourth-order valence-electron chi connectivity index (χ4n) is 3.85. The van der Waals surface area contributed by atoms with Gasteiger partial charge in [0.25, 0.3) is 5.91 Å². The van der Waals surface area contributed by atoms with Crippen molar-refractivity contribution in [2.24, 2.45) is 0 Å². The molecule has 8 heteroatoms. The van der Waals surface area contributed by atoms with Gasteiger partial charge in [-0.05, 0) is 48.2 Å². The Morgan fingerprint density at radius 1 is 1.03 bits per heavy atom. The number of fused-ring (bicyclic) bond motifs is 2. The van der Waals surface area contributed by atoms with Crippen molar-refractivity contribution in [1.82, 2.24) is 9.97 Å². The molecule has 2 heterocycles. The number of carbonyl (C=O) groups is 2. The number of ether oxygens (including phenoxy) is 1. The van der Waals surface area contributed by atoms with E-state index in [0.29, 0.717) is 38.8 Å². The van der Waals surface area contributed by atoms with E-state index in [2.05, 4.69) is 15.3 Å². The third-order valence-corrected chi connectivity index (χ3v) is 5.76. The summed E-state index contributed by atoms with van der Waals surface area (Å²) in [5.41, 5.74) is 2.35. The molecular weight excluding hydrogens is 466 g/mol. The van der Waals surface area contributed by atoms with Crippen molar-refractivity contribution in [1.29, 1.82) is 0 Å². The number of nitrogens with zero attached hydrogens (tertiary/aromatic N) is 2. The maximum absolute atomic E-state index is 13.3. The number of amides is 1. The third kappa shape index (κ3) is 4.58. The number of oxazole rings is 1. The van der Waals surface area contributed by atoms with E-state index in [1.165, 1.54) is 6.20 Å². The molecular formula is C27H20ClN3O4. The first-order chi connectivity index (χ1) is 17.0. The van der Waals surface area contributed by atoms with Crippen molar-refractivity contribution >= 4 is 51.2 Å². The Hall–Kier alpha value is -4.23. The molecule has 174 valence electrons. The zero-order chi connectivity index (χ0) is 24.4. The third-order valence-electron chi connectivity index (χ3n) is 5.54. The molecule has 0 aliphatic rings. The summed E-state index contributed by atoms with van der Waals surface area (Å²) in [5.74, 6) is -0.381. The summed E-state index contributed by atoms with van der Waals surface area (Å²) in [6, 6.07) is 21.6. The van der Waals surface area contributed by atoms with Crippen LogP contribution in [0.1, 0.15) is 23.7 Å². The lowest BCUT2D eigenvalue weighted by Gasteiger charge is -2.17. The Balaban J connectivity index is 1.47. The smallest absolute Gasteiger partial charge is 0.339 e. The number of nitrogens with one attached hydrogen (secondary N) is 1. The highest BCUT2D eigenvalue weighted by molar-refractivity contribution is 6.30. The standard InChI is InChI=1S/C27H20ClN3O4/c1-2-21(25(32)31-23-14-13-17(28)15-29-23)35-27(33)19-10-6-8-16-7-5-9-18(24(16)19)26-30-20-11-3-4-12-22(20)34-26/h3-15,21H,2H2,1H3,(H,29,31,32). The second-order valence-electron chi connectivity index (χ2n) is 7.85. The number of para-hydroxylation sites is 2. The lowest BCUT2D eigenvalue weighted by molar-refractivity contribution is -0.124. The molecule has 0 aliphatic carbocycles. The minimum absolute atomic E-state index is 0.286. The molecule has 0 bridgehead atoms. The topological polar surface area (TPSA) is 94.3 Å². The van der Waals surface area contributed by atoms with Gasteiger partial charge in [0, 0.05) is 17.1 Å². The number of rotatable bonds is 6. The van der Waals surface area contributed by atoms with Gasteiger partial charge in [-0.15, -0.1) is 0 Å². The molecule has 1 unspecified atom stereocenters. The van der Waals surface area contributed by atoms with Gasteiger partial charge < -0.3 is 14.5 Å². The van der Waals surface area contributed by atoms with Crippen molar-refractivity contribution in [3.8, 4) is 11.5 Å². The first-order valence-corrected chi connectivity index (χ1v) is 11.4. The Bertz CT molecular complexity index is 1510. The summed E-state index contributed by atoms with van der Waals surface area (Å²) in [5, 5.41) is 4.57. The average Bonchev–Trinajstić information content (AvgIpc) is 3.32. The predicted molar refractivity (Wildman–Crippen MR) is 134 cm³/mol. The molecule has 0 aliphatic heterocycles. The first kappa shape index (κ1) is 22.6. The zero-order valence-corrected chi connectivity index (χ0v) is 19.5.